The molecule has 2 rings (SSSR count). The summed E-state index contributed by atoms with van der Waals surface area (Å²) >= 11 is 0. The van der Waals surface area contributed by atoms with E-state index in [-0.39, 0.29) is 0 Å². The van der Waals surface area contributed by atoms with E-state index >= 15 is 0 Å². The van der Waals surface area contributed by atoms with Crippen molar-refractivity contribution in [3.8, 4) is 0 Å². The van der Waals surface area contributed by atoms with Crippen LogP contribution in [0.1, 0.15) is 0 Å². The van der Waals surface area contributed by atoms with Crippen LogP contribution in [0.2, 0.25) is 0 Å². The quantitative estimate of drug-likeness (QED) is 0.562. The molecule has 0 fully saturated rings. The van der Waals surface area contributed by atoms with Crippen LogP contribution in [0, 0.1) is 0 Å². The molecule has 0 radical (unpaired) electrons. The Morgan fingerprint density at radius 2 is 2.50 bits per heavy atom. The largest absolute Gasteiger partial charge is 0.414 e. The molecule has 0 aliphatic carbocycles. The van der Waals surface area contributed by atoms with Gasteiger partial charge in [-0.05, 0) is 12.1 Å². The smallest absolute Gasteiger partial charge is 0.171 e. The Bertz CT molecular complexity index is 335. The van der Waals surface area contributed by atoms with Gasteiger partial charge in [-0.25, -0.2) is 4.52 Å². The van der Waals surface area contributed by atoms with Gasteiger partial charge in [0.15, 0.2) is 12.0 Å². The Hall–Kier alpha value is -1.45. The fourth-order valence-corrected chi connectivity index (χ4v) is 0.938. The fourth-order valence-electron chi connectivity index (χ4n) is 0.938. The standard InChI is InChI=1S/C6H7N3O/c1-10-9-5-7-8-4-2-3-6(8)9/h2-5H,1H3. The van der Waals surface area contributed by atoms with Crippen molar-refractivity contribution in [2.75, 3.05) is 7.11 Å². The van der Waals surface area contributed by atoms with Gasteiger partial charge in [0.2, 0.25) is 0 Å². The van der Waals surface area contributed by atoms with E-state index in [0.717, 1.165) is 5.65 Å². The lowest BCUT2D eigenvalue weighted by atomic mass is 10.6. The summed E-state index contributed by atoms with van der Waals surface area (Å²) in [5, 5.41) is 4.00. The summed E-state index contributed by atoms with van der Waals surface area (Å²) in [5.74, 6) is 0. The maximum absolute atomic E-state index is 4.96. The van der Waals surface area contributed by atoms with Crippen LogP contribution in [0.5, 0.6) is 0 Å². The molecule has 0 aromatic carbocycles. The molecule has 2 aromatic rings. The first kappa shape index (κ1) is 5.34. The first-order valence-electron chi connectivity index (χ1n) is 2.97. The van der Waals surface area contributed by atoms with Crippen LogP contribution in [0.3, 0.4) is 0 Å². The van der Waals surface area contributed by atoms with Crippen LogP contribution < -0.4 is 4.84 Å². The second-order valence-electron chi connectivity index (χ2n) is 1.95. The Morgan fingerprint density at radius 1 is 1.60 bits per heavy atom. The first-order valence-corrected chi connectivity index (χ1v) is 2.97. The maximum atomic E-state index is 4.96. The van der Waals surface area contributed by atoms with Crippen molar-refractivity contribution in [2.45, 2.75) is 0 Å². The third-order valence-electron chi connectivity index (χ3n) is 1.41. The number of rotatable bonds is 1. The summed E-state index contributed by atoms with van der Waals surface area (Å²) in [5.41, 5.74) is 0.933. The molecule has 0 saturated heterocycles. The van der Waals surface area contributed by atoms with Gasteiger partial charge in [0, 0.05) is 6.20 Å². The highest BCUT2D eigenvalue weighted by molar-refractivity contribution is 5.37. The van der Waals surface area contributed by atoms with Gasteiger partial charge in [-0.2, -0.15) is 9.83 Å². The summed E-state index contributed by atoms with van der Waals surface area (Å²) in [6.45, 7) is 0. The molecule has 0 aliphatic rings. The van der Waals surface area contributed by atoms with Gasteiger partial charge in [-0.1, -0.05) is 0 Å². The third-order valence-corrected chi connectivity index (χ3v) is 1.41. The lowest BCUT2D eigenvalue weighted by molar-refractivity contribution is 0.177. The lowest BCUT2D eigenvalue weighted by Gasteiger charge is -1.95. The molecular formula is C6H7N3O. The van der Waals surface area contributed by atoms with Crippen LogP contribution in [0.15, 0.2) is 24.7 Å². The second-order valence-corrected chi connectivity index (χ2v) is 1.95. The van der Waals surface area contributed by atoms with Crippen LogP contribution in [0.4, 0.5) is 0 Å². The Labute approximate surface area is 57.6 Å². The van der Waals surface area contributed by atoms with Gasteiger partial charge < -0.3 is 4.84 Å². The van der Waals surface area contributed by atoms with Crippen LogP contribution in [-0.2, 0) is 0 Å². The second kappa shape index (κ2) is 1.76. The van der Waals surface area contributed by atoms with Gasteiger partial charge in [-0.3, -0.25) is 0 Å². The highest BCUT2D eigenvalue weighted by atomic mass is 16.6. The molecule has 2 heterocycles. The molecule has 0 saturated carbocycles. The van der Waals surface area contributed by atoms with E-state index in [1.54, 1.807) is 22.7 Å². The molecule has 0 unspecified atom stereocenters. The summed E-state index contributed by atoms with van der Waals surface area (Å²) in [4.78, 5) is 4.96. The van der Waals surface area contributed by atoms with E-state index < -0.39 is 0 Å². The zero-order valence-corrected chi connectivity index (χ0v) is 5.56. The lowest BCUT2D eigenvalue weighted by Crippen LogP contribution is -2.02. The molecule has 0 N–H and O–H groups in total. The average molecular weight is 137 g/mol. The molecule has 0 atom stereocenters. The van der Waals surface area contributed by atoms with Crippen molar-refractivity contribution in [1.82, 2.24) is 14.3 Å². The molecule has 4 nitrogen and oxygen atoms in total. The first-order chi connectivity index (χ1) is 4.92. The summed E-state index contributed by atoms with van der Waals surface area (Å²) in [6.07, 6.45) is 3.49. The Morgan fingerprint density at radius 3 is 3.30 bits per heavy atom. The highest BCUT2D eigenvalue weighted by Crippen LogP contribution is 1.99. The van der Waals surface area contributed by atoms with Crippen LogP contribution >= 0.6 is 0 Å². The van der Waals surface area contributed by atoms with Gasteiger partial charge in [0.25, 0.3) is 0 Å². The minimum atomic E-state index is 0.933. The van der Waals surface area contributed by atoms with Gasteiger partial charge in [-0.15, -0.1) is 0 Å². The predicted octanol–water partition coefficient (Wildman–Crippen LogP) is 0.194. The van der Waals surface area contributed by atoms with E-state index in [0.29, 0.717) is 0 Å². The van der Waals surface area contributed by atoms with E-state index in [1.165, 1.54) is 0 Å². The molecule has 0 amide bonds. The zero-order chi connectivity index (χ0) is 6.97. The zero-order valence-electron chi connectivity index (χ0n) is 5.56. The molecule has 0 aliphatic heterocycles. The van der Waals surface area contributed by atoms with Crippen molar-refractivity contribution >= 4 is 5.65 Å². The minimum Gasteiger partial charge on any atom is -0.414 e. The predicted molar refractivity (Wildman–Crippen MR) is 35.7 cm³/mol. The maximum Gasteiger partial charge on any atom is 0.171 e. The monoisotopic (exact) mass is 137 g/mol. The SMILES string of the molecule is COn1cnn2cccc12. The van der Waals surface area contributed by atoms with E-state index in [2.05, 4.69) is 5.10 Å². The number of fused-ring (bicyclic) bond motifs is 1. The summed E-state index contributed by atoms with van der Waals surface area (Å²) < 4.78 is 3.34. The van der Waals surface area contributed by atoms with Gasteiger partial charge in [0.05, 0.1) is 0 Å². The van der Waals surface area contributed by atoms with Crippen LogP contribution in [-0.4, -0.2) is 21.5 Å². The van der Waals surface area contributed by atoms with Crippen molar-refractivity contribution in [1.29, 1.82) is 0 Å². The van der Waals surface area contributed by atoms with Crippen molar-refractivity contribution in [3.05, 3.63) is 24.7 Å². The number of aromatic nitrogens is 3. The van der Waals surface area contributed by atoms with E-state index in [4.69, 9.17) is 4.84 Å². The molecule has 52 valence electrons. The highest BCUT2D eigenvalue weighted by Gasteiger charge is 1.97. The molecular weight excluding hydrogens is 130 g/mol. The Kier molecular flexibility index (Phi) is 0.943. The normalized spacial score (nSPS) is 10.5. The average Bonchev–Trinajstić information content (AvgIpc) is 2.44. The van der Waals surface area contributed by atoms with Crippen LogP contribution in [0.25, 0.3) is 5.65 Å². The van der Waals surface area contributed by atoms with Crippen molar-refractivity contribution < 1.29 is 4.84 Å². The fraction of sp³-hybridized carbons (Fsp3) is 0.167. The number of hydrogen-bond acceptors (Lipinski definition) is 2. The molecule has 0 bridgehead atoms. The number of nitrogens with zero attached hydrogens (tertiary/aromatic N) is 3. The minimum absolute atomic E-state index is 0.933. The summed E-state index contributed by atoms with van der Waals surface area (Å²) in [6, 6.07) is 3.84. The number of hydrogen-bond donors (Lipinski definition) is 0. The molecule has 2 aromatic heterocycles. The van der Waals surface area contributed by atoms with Gasteiger partial charge in [0.1, 0.15) is 7.11 Å². The molecule has 4 heteroatoms. The summed E-state index contributed by atoms with van der Waals surface area (Å²) in [7, 11) is 1.61. The van der Waals surface area contributed by atoms with E-state index in [9.17, 15) is 0 Å². The molecule has 0 spiro atoms. The van der Waals surface area contributed by atoms with Crippen molar-refractivity contribution in [2.24, 2.45) is 0 Å². The Balaban J connectivity index is 2.76. The van der Waals surface area contributed by atoms with Gasteiger partial charge >= 0.3 is 0 Å². The third kappa shape index (κ3) is 0.528. The van der Waals surface area contributed by atoms with Crippen molar-refractivity contribution in [3.63, 3.8) is 0 Å². The topological polar surface area (TPSA) is 31.5 Å². The molecule has 10 heavy (non-hydrogen) atoms. The van der Waals surface area contributed by atoms with E-state index in [1.807, 2.05) is 18.3 Å².